The van der Waals surface area contributed by atoms with Crippen molar-refractivity contribution in [3.05, 3.63) is 5.32 Å². The number of carbonyl (C=O) groups excluding carboxylic acids is 3. The number of unbranched alkanes of at least 4 members (excludes halogenated alkanes) is 18. The fourth-order valence-electron chi connectivity index (χ4n) is 3.68. The van der Waals surface area contributed by atoms with E-state index in [-0.39, 0.29) is 38.7 Å². The standard InChI is InChI=1S/3C10H20O2.C2H6N.Ru/c3*1-2-3-4-5-6-7-8-9-10(11)12;1-3-2;/h3*2-9H2,1H3,(H,11,12);1-2H3;/q;;;-1;+4/p-3. The summed E-state index contributed by atoms with van der Waals surface area (Å²) >= 11 is 0. The molecule has 0 aliphatic heterocycles. The van der Waals surface area contributed by atoms with Gasteiger partial charge in [-0.1, -0.05) is 136 Å². The van der Waals surface area contributed by atoms with Crippen LogP contribution in [0.5, 0.6) is 0 Å². The fourth-order valence-corrected chi connectivity index (χ4v) is 3.68. The summed E-state index contributed by atoms with van der Waals surface area (Å²) in [7, 11) is 3.50. The van der Waals surface area contributed by atoms with Crippen LogP contribution in [0.25, 0.3) is 5.32 Å². The van der Waals surface area contributed by atoms with Gasteiger partial charge in [-0.15, -0.1) is 0 Å². The van der Waals surface area contributed by atoms with E-state index in [1.807, 2.05) is 0 Å². The van der Waals surface area contributed by atoms with Gasteiger partial charge in [0, 0.05) is 17.9 Å². The Hall–Kier alpha value is -1.01. The molecule has 0 aromatic heterocycles. The molecule has 0 rings (SSSR count). The molecule has 0 unspecified atom stereocenters. The number of nitrogens with zero attached hydrogens (tertiary/aromatic N) is 1. The van der Waals surface area contributed by atoms with E-state index < -0.39 is 17.9 Å². The summed E-state index contributed by atoms with van der Waals surface area (Å²) in [6, 6.07) is 0. The minimum atomic E-state index is -0.913. The molecule has 0 radical (unpaired) electrons. The van der Waals surface area contributed by atoms with Crippen LogP contribution in [0.15, 0.2) is 0 Å². The first kappa shape index (κ1) is 48.7. The van der Waals surface area contributed by atoms with Crippen molar-refractivity contribution in [1.82, 2.24) is 0 Å². The summed E-state index contributed by atoms with van der Waals surface area (Å²) in [5, 5.41) is 33.6. The maximum Gasteiger partial charge on any atom is 4.00 e. The van der Waals surface area contributed by atoms with E-state index in [2.05, 4.69) is 26.1 Å². The predicted molar refractivity (Wildman–Crippen MR) is 158 cm³/mol. The van der Waals surface area contributed by atoms with Crippen molar-refractivity contribution in [2.45, 2.75) is 175 Å². The van der Waals surface area contributed by atoms with Crippen molar-refractivity contribution >= 4 is 17.9 Å². The monoisotopic (exact) mass is 659 g/mol. The topological polar surface area (TPSA) is 134 Å². The van der Waals surface area contributed by atoms with Gasteiger partial charge in [-0.2, -0.15) is 14.1 Å². The summed E-state index contributed by atoms with van der Waals surface area (Å²) in [6.07, 6.45) is 25.0. The van der Waals surface area contributed by atoms with E-state index in [0.717, 1.165) is 38.5 Å². The van der Waals surface area contributed by atoms with E-state index in [1.165, 1.54) is 96.3 Å². The summed E-state index contributed by atoms with van der Waals surface area (Å²) in [5.41, 5.74) is 0. The summed E-state index contributed by atoms with van der Waals surface area (Å²) in [6.45, 7) is 6.57. The third kappa shape index (κ3) is 70.9. The number of hydrogen-bond acceptors (Lipinski definition) is 6. The first-order valence-corrected chi connectivity index (χ1v) is 15.8. The molecule has 240 valence electrons. The minimum Gasteiger partial charge on any atom is -0.668 e. The van der Waals surface area contributed by atoms with Crippen LogP contribution >= 0.6 is 0 Å². The Morgan fingerprint density at radius 1 is 0.400 bits per heavy atom. The van der Waals surface area contributed by atoms with E-state index >= 15 is 0 Å². The van der Waals surface area contributed by atoms with Gasteiger partial charge < -0.3 is 35.0 Å². The third-order valence-corrected chi connectivity index (χ3v) is 5.95. The predicted octanol–water partition coefficient (Wildman–Crippen LogP) is 6.25. The first-order valence-electron chi connectivity index (χ1n) is 15.8. The molecule has 8 heteroatoms. The maximum atomic E-state index is 10.0. The van der Waals surface area contributed by atoms with Crippen molar-refractivity contribution < 1.29 is 49.2 Å². The van der Waals surface area contributed by atoms with Crippen LogP contribution in [-0.2, 0) is 33.9 Å². The molecule has 0 aromatic carbocycles. The van der Waals surface area contributed by atoms with Crippen molar-refractivity contribution in [3.63, 3.8) is 0 Å². The zero-order valence-electron chi connectivity index (χ0n) is 26.7. The Morgan fingerprint density at radius 2 is 0.550 bits per heavy atom. The van der Waals surface area contributed by atoms with E-state index in [1.54, 1.807) is 14.1 Å². The summed E-state index contributed by atoms with van der Waals surface area (Å²) in [5.74, 6) is -2.74. The van der Waals surface area contributed by atoms with Gasteiger partial charge in [0.15, 0.2) is 0 Å². The van der Waals surface area contributed by atoms with Crippen molar-refractivity contribution in [1.29, 1.82) is 0 Å². The normalized spacial score (nSPS) is 9.53. The smallest absolute Gasteiger partial charge is 0.668 e. The van der Waals surface area contributed by atoms with Gasteiger partial charge in [-0.25, -0.2) is 0 Å². The first-order chi connectivity index (χ1) is 18.7. The van der Waals surface area contributed by atoms with Gasteiger partial charge in [-0.05, 0) is 38.5 Å². The number of carbonyl (C=O) groups is 3. The van der Waals surface area contributed by atoms with Gasteiger partial charge in [-0.3, -0.25) is 0 Å². The molecule has 0 fully saturated rings. The maximum absolute atomic E-state index is 10.0. The fraction of sp³-hybridized carbons (Fsp3) is 0.906. The van der Waals surface area contributed by atoms with Crippen LogP contribution in [0.2, 0.25) is 0 Å². The second-order valence-corrected chi connectivity index (χ2v) is 10.2. The molecule has 0 saturated carbocycles. The number of carboxylic acids is 3. The van der Waals surface area contributed by atoms with Crippen molar-refractivity contribution in [2.24, 2.45) is 0 Å². The second kappa shape index (κ2) is 47.8. The number of aliphatic carboxylic acids is 3. The quantitative estimate of drug-likeness (QED) is 0.0889. The third-order valence-electron chi connectivity index (χ3n) is 5.95. The largest absolute Gasteiger partial charge is 4.00 e. The summed E-state index contributed by atoms with van der Waals surface area (Å²) in [4.78, 5) is 30.1. The average molecular weight is 659 g/mol. The number of carboxylic acid groups (broad SMARTS) is 3. The Balaban J connectivity index is -0.000000144. The molecule has 0 aliphatic carbocycles. The number of hydrogen-bond donors (Lipinski definition) is 0. The van der Waals surface area contributed by atoms with Crippen molar-refractivity contribution in [3.8, 4) is 0 Å². The van der Waals surface area contributed by atoms with Crippen molar-refractivity contribution in [2.75, 3.05) is 14.1 Å². The van der Waals surface area contributed by atoms with E-state index in [9.17, 15) is 29.7 Å². The van der Waals surface area contributed by atoms with Crippen LogP contribution in [0.1, 0.15) is 175 Å². The van der Waals surface area contributed by atoms with Gasteiger partial charge >= 0.3 is 19.5 Å². The Kier molecular flexibility index (Phi) is 58.2. The van der Waals surface area contributed by atoms with Crippen LogP contribution < -0.4 is 15.3 Å². The van der Waals surface area contributed by atoms with Crippen LogP contribution in [-0.4, -0.2) is 32.0 Å². The SMILES string of the molecule is CCCCCCCCCC(=O)[O-].CCCCCCCCCC(=O)[O-].CCCCCCCCCC(=O)[O-].C[N-]C.[Ru+4]. The van der Waals surface area contributed by atoms with E-state index in [4.69, 9.17) is 0 Å². The number of rotatable bonds is 24. The Bertz CT molecular complexity index is 425. The Labute approximate surface area is 260 Å². The molecule has 0 spiro atoms. The molecule has 40 heavy (non-hydrogen) atoms. The van der Waals surface area contributed by atoms with Gasteiger partial charge in [0.1, 0.15) is 0 Å². The molecular weight excluding hydrogens is 595 g/mol. The van der Waals surface area contributed by atoms with Crippen LogP contribution in [0.3, 0.4) is 0 Å². The average Bonchev–Trinajstić information content (AvgIpc) is 2.88. The van der Waals surface area contributed by atoms with Crippen LogP contribution in [0, 0.1) is 0 Å². The van der Waals surface area contributed by atoms with E-state index in [0.29, 0.717) is 0 Å². The molecule has 0 N–H and O–H groups in total. The molecule has 0 aromatic rings. The molecular formula is C32H63NO6Ru. The zero-order valence-corrected chi connectivity index (χ0v) is 28.5. The summed E-state index contributed by atoms with van der Waals surface area (Å²) < 4.78 is 0. The molecule has 7 nitrogen and oxygen atoms in total. The van der Waals surface area contributed by atoms with Crippen LogP contribution in [0.4, 0.5) is 0 Å². The van der Waals surface area contributed by atoms with Gasteiger partial charge in [0.2, 0.25) is 0 Å². The molecule has 0 amide bonds. The second-order valence-electron chi connectivity index (χ2n) is 10.2. The van der Waals surface area contributed by atoms with Gasteiger partial charge in [0.25, 0.3) is 0 Å². The molecule has 0 bridgehead atoms. The molecule has 0 aliphatic rings. The zero-order chi connectivity index (χ0) is 30.4. The van der Waals surface area contributed by atoms with Gasteiger partial charge in [0.05, 0.1) is 0 Å². The Morgan fingerprint density at radius 3 is 0.700 bits per heavy atom. The molecule has 0 heterocycles. The minimum absolute atomic E-state index is 0. The molecule has 0 atom stereocenters. The molecule has 0 saturated heterocycles.